The summed E-state index contributed by atoms with van der Waals surface area (Å²) in [5.74, 6) is -1.03. The number of nitrogens with two attached hydrogens (primary N) is 1. The number of rotatable bonds is 9. The summed E-state index contributed by atoms with van der Waals surface area (Å²) in [6.45, 7) is 3.57. The van der Waals surface area contributed by atoms with Gasteiger partial charge in [-0.15, -0.1) is 12.4 Å². The molecule has 0 fully saturated rings. The summed E-state index contributed by atoms with van der Waals surface area (Å²) in [4.78, 5) is 60.7. The molecule has 350 valence electrons. The average Bonchev–Trinajstić information content (AvgIpc) is 4.12. The fourth-order valence-corrected chi connectivity index (χ4v) is 7.63. The number of fused-ring (bicyclic) bond motifs is 2. The first-order valence-electron chi connectivity index (χ1n) is 21.5. The summed E-state index contributed by atoms with van der Waals surface area (Å²) in [5, 5.41) is 8.52. The summed E-state index contributed by atoms with van der Waals surface area (Å²) in [7, 11) is 0. The monoisotopic (exact) mass is 942 g/mol. The van der Waals surface area contributed by atoms with Crippen molar-refractivity contribution in [3.63, 3.8) is 0 Å². The van der Waals surface area contributed by atoms with Crippen LogP contribution in [0.2, 0.25) is 0 Å². The zero-order chi connectivity index (χ0) is 47.3. The zero-order valence-electron chi connectivity index (χ0n) is 37.2. The minimum atomic E-state index is -0.528. The quantitative estimate of drug-likeness (QED) is 0.108. The lowest BCUT2D eigenvalue weighted by Gasteiger charge is -2.15. The Morgan fingerprint density at radius 1 is 0.676 bits per heavy atom. The molecule has 0 saturated carbocycles. The molecule has 14 nitrogen and oxygen atoms in total. The molecule has 2 aliphatic rings. The number of amides is 3. The van der Waals surface area contributed by atoms with Crippen LogP contribution in [0.25, 0.3) is 0 Å². The Labute approximate surface area is 397 Å². The molecule has 2 atom stereocenters. The predicted molar refractivity (Wildman–Crippen MR) is 254 cm³/mol. The molecule has 68 heavy (non-hydrogen) atoms. The van der Waals surface area contributed by atoms with Crippen LogP contribution in [0.4, 0.5) is 29.7 Å². The first-order chi connectivity index (χ1) is 32.4. The van der Waals surface area contributed by atoms with Gasteiger partial charge in [-0.3, -0.25) is 19.6 Å². The first-order valence-corrected chi connectivity index (χ1v) is 21.5. The number of aryl methyl sites for hydroxylation is 2. The van der Waals surface area contributed by atoms with Crippen molar-refractivity contribution >= 4 is 47.8 Å². The molecule has 5 N–H and O–H groups in total. The Bertz CT molecular complexity index is 2850. The lowest BCUT2D eigenvalue weighted by atomic mass is 10.0. The first kappa shape index (κ1) is 49.6. The molecule has 2 aliphatic carbocycles. The van der Waals surface area contributed by atoms with Crippen molar-refractivity contribution in [2.75, 3.05) is 10.6 Å². The Balaban J connectivity index is 0.000000178. The summed E-state index contributed by atoms with van der Waals surface area (Å²) in [5.41, 5.74) is 14.6. The number of alkyl carbamates (subject to hydrolysis) is 1. The van der Waals surface area contributed by atoms with Crippen LogP contribution in [0.15, 0.2) is 140 Å². The minimum Gasteiger partial charge on any atom is -0.443 e. The number of ether oxygens (including phenoxy) is 2. The number of aromatic nitrogens is 4. The fraction of sp³-hybridized carbons (Fsp3) is 0.196. The van der Waals surface area contributed by atoms with Crippen LogP contribution in [0, 0.1) is 25.5 Å². The summed E-state index contributed by atoms with van der Waals surface area (Å²) >= 11 is 0. The third-order valence-corrected chi connectivity index (χ3v) is 11.1. The molecule has 0 bridgehead atoms. The third-order valence-electron chi connectivity index (χ3n) is 11.1. The van der Waals surface area contributed by atoms with E-state index in [9.17, 15) is 28.0 Å². The molecule has 7 aromatic rings. The molecule has 9 rings (SSSR count). The molecule has 17 heteroatoms. The number of nitrogens with one attached hydrogen (secondary N) is 3. The number of benzene rings is 4. The number of nitrogens with zero attached hydrogens (tertiary/aromatic N) is 4. The van der Waals surface area contributed by atoms with E-state index < -0.39 is 12.2 Å². The molecule has 3 heterocycles. The largest absolute Gasteiger partial charge is 0.443 e. The molecule has 0 spiro atoms. The Morgan fingerprint density at radius 2 is 1.22 bits per heavy atom. The zero-order valence-corrected chi connectivity index (χ0v) is 38.0. The highest BCUT2D eigenvalue weighted by Gasteiger charge is 2.28. The molecule has 4 aromatic carbocycles. The van der Waals surface area contributed by atoms with Crippen LogP contribution in [0.1, 0.15) is 90.4 Å². The molecule has 0 aliphatic heterocycles. The lowest BCUT2D eigenvalue weighted by molar-refractivity contribution is 0.101. The standard InChI is InChI=1S/C24H22FN3O3.C17H17FN2O.C10H9N3O2.ClH/c1-15-13-16(8-10-21(15)25)27-23(29)20-7-4-6-19-18(20)9-11-22(19)28-24(30)31-14-17-5-2-3-12-26-17;1-10-9-11(5-7-15(10)18)20-17(21)14-4-2-3-13-12(14)6-8-16(13)19;14-10(13-6-5-11-8-13)15-7-9-3-1-2-4-12-9;/h2-8,10,12-13,22H,9,11,14H2,1H3,(H,27,29)(H,28,30);2-5,7,9,16H,6,8,19H2,1H3,(H,20,21);1-6,8H,7H2;1H/t22-;16-;;/m00../s1. The van der Waals surface area contributed by atoms with Crippen LogP contribution >= 0.6 is 12.4 Å². The van der Waals surface area contributed by atoms with E-state index in [-0.39, 0.29) is 61.2 Å². The Kier molecular flexibility index (Phi) is 17.2. The number of halogens is 3. The highest BCUT2D eigenvalue weighted by atomic mass is 35.5. The van der Waals surface area contributed by atoms with Crippen LogP contribution in [0.3, 0.4) is 0 Å². The molecule has 3 amide bonds. The van der Waals surface area contributed by atoms with Gasteiger partial charge < -0.3 is 31.2 Å². The summed E-state index contributed by atoms with van der Waals surface area (Å²) < 4.78 is 38.3. The van der Waals surface area contributed by atoms with E-state index in [0.29, 0.717) is 57.9 Å². The van der Waals surface area contributed by atoms with Crippen molar-refractivity contribution in [3.8, 4) is 0 Å². The summed E-state index contributed by atoms with van der Waals surface area (Å²) in [6, 6.07) is 30.7. The van der Waals surface area contributed by atoms with Crippen molar-refractivity contribution in [3.05, 3.63) is 208 Å². The number of imidazole rings is 1. The second-order valence-corrected chi connectivity index (χ2v) is 15.7. The van der Waals surface area contributed by atoms with Gasteiger partial charge in [0.2, 0.25) is 0 Å². The second kappa shape index (κ2) is 23.6. The minimum absolute atomic E-state index is 0. The maximum atomic E-state index is 13.5. The van der Waals surface area contributed by atoms with E-state index in [1.54, 1.807) is 80.8 Å². The smallest absolute Gasteiger partial charge is 0.419 e. The van der Waals surface area contributed by atoms with Crippen molar-refractivity contribution in [1.29, 1.82) is 0 Å². The van der Waals surface area contributed by atoms with Crippen LogP contribution in [0.5, 0.6) is 0 Å². The van der Waals surface area contributed by atoms with E-state index in [4.69, 9.17) is 15.2 Å². The molecular weight excluding hydrogens is 894 g/mol. The third kappa shape index (κ3) is 13.0. The predicted octanol–water partition coefficient (Wildman–Crippen LogP) is 9.91. The molecule has 0 radical (unpaired) electrons. The number of hydrogen-bond donors (Lipinski definition) is 4. The van der Waals surface area contributed by atoms with E-state index in [1.165, 1.54) is 41.5 Å². The number of pyridine rings is 2. The Morgan fingerprint density at radius 3 is 1.75 bits per heavy atom. The van der Waals surface area contributed by atoms with E-state index >= 15 is 0 Å². The van der Waals surface area contributed by atoms with Gasteiger partial charge in [0.05, 0.1) is 17.4 Å². The van der Waals surface area contributed by atoms with Crippen LogP contribution in [-0.4, -0.2) is 43.5 Å². The van der Waals surface area contributed by atoms with Gasteiger partial charge in [-0.05, 0) is 146 Å². The lowest BCUT2D eigenvalue weighted by Crippen LogP contribution is -2.28. The molecule has 3 aromatic heterocycles. The SMILES string of the molecule is Cc1cc(NC(=O)c2cccc3c2CC[C@@H]3N)ccc1F.Cc1cc(NC(=O)c2cccc3c2CC[C@@H]3NC(=O)OCc2ccccn2)ccc1F.Cl.O=C(OCc1ccccn1)n1ccnc1. The van der Waals surface area contributed by atoms with E-state index in [0.717, 1.165) is 35.1 Å². The maximum Gasteiger partial charge on any atom is 0.419 e. The van der Waals surface area contributed by atoms with E-state index in [2.05, 4.69) is 30.9 Å². The van der Waals surface area contributed by atoms with Gasteiger partial charge >= 0.3 is 12.2 Å². The van der Waals surface area contributed by atoms with Gasteiger partial charge in [0.1, 0.15) is 31.2 Å². The van der Waals surface area contributed by atoms with E-state index in [1.807, 2.05) is 36.4 Å². The summed E-state index contributed by atoms with van der Waals surface area (Å²) in [6.07, 6.45) is 9.77. The molecular formula is C51H49ClF2N8O6. The number of hydrogen-bond acceptors (Lipinski definition) is 10. The van der Waals surface area contributed by atoms with Crippen molar-refractivity contribution in [2.24, 2.45) is 5.73 Å². The second-order valence-electron chi connectivity index (χ2n) is 15.7. The number of anilines is 2. The van der Waals surface area contributed by atoms with Crippen LogP contribution in [-0.2, 0) is 35.5 Å². The van der Waals surface area contributed by atoms with Gasteiger partial charge in [0, 0.05) is 53.3 Å². The van der Waals surface area contributed by atoms with Gasteiger partial charge in [-0.2, -0.15) is 0 Å². The molecule has 0 unspecified atom stereocenters. The van der Waals surface area contributed by atoms with Crippen molar-refractivity contribution < 1.29 is 37.4 Å². The Hall–Kier alpha value is -7.82. The van der Waals surface area contributed by atoms with Gasteiger partial charge in [-0.25, -0.2) is 27.9 Å². The maximum absolute atomic E-state index is 13.5. The number of carbonyl (C=O) groups is 4. The fourth-order valence-electron chi connectivity index (χ4n) is 7.63. The highest BCUT2D eigenvalue weighted by molar-refractivity contribution is 6.06. The van der Waals surface area contributed by atoms with Gasteiger partial charge in [0.25, 0.3) is 11.8 Å². The van der Waals surface area contributed by atoms with Gasteiger partial charge in [0.15, 0.2) is 0 Å². The highest BCUT2D eigenvalue weighted by Crippen LogP contribution is 2.34. The topological polar surface area (TPSA) is 192 Å². The van der Waals surface area contributed by atoms with Crippen molar-refractivity contribution in [2.45, 2.75) is 64.8 Å². The number of carbonyl (C=O) groups excluding carboxylic acids is 4. The average molecular weight is 943 g/mol. The molecule has 0 saturated heterocycles. The van der Waals surface area contributed by atoms with Gasteiger partial charge in [-0.1, -0.05) is 36.4 Å². The van der Waals surface area contributed by atoms with Crippen LogP contribution < -0.4 is 21.7 Å². The van der Waals surface area contributed by atoms with Crippen molar-refractivity contribution in [1.82, 2.24) is 24.8 Å². The normalized spacial score (nSPS) is 14.0.